The van der Waals surface area contributed by atoms with Crippen LogP contribution in [0, 0.1) is 11.8 Å². The van der Waals surface area contributed by atoms with Gasteiger partial charge in [-0.15, -0.1) is 0 Å². The molecule has 0 aromatic heterocycles. The molecule has 0 aromatic carbocycles. The van der Waals surface area contributed by atoms with Gasteiger partial charge >= 0.3 is 75.0 Å². The molecule has 1 rings (SSSR count). The van der Waals surface area contributed by atoms with Crippen LogP contribution in [-0.4, -0.2) is 8.86 Å². The summed E-state index contributed by atoms with van der Waals surface area (Å²) in [6, 6.07) is 0. The number of alkyl halides is 2. The Labute approximate surface area is 75.0 Å². The summed E-state index contributed by atoms with van der Waals surface area (Å²) in [4.78, 5) is 0. The molecule has 1 fully saturated rings. The van der Waals surface area contributed by atoms with E-state index in [1.54, 1.807) is 10.8 Å². The first-order valence-electron chi connectivity index (χ1n) is 4.38. The van der Waals surface area contributed by atoms with Crippen LogP contribution in [0.25, 0.3) is 0 Å². The predicted octanol–water partition coefficient (Wildman–Crippen LogP) is -0.468. The molecule has 62 valence electrons. The number of hydrogen-bond acceptors (Lipinski definition) is 0. The van der Waals surface area contributed by atoms with Crippen LogP contribution >= 0.6 is 0 Å². The standard InChI is InChI=1S/C9H18I/c1-3-10-7-9-6-4-5-8(9)2/h8-9H,3-7H2,1-2H3/q-1. The Balaban J connectivity index is 2.14. The second kappa shape index (κ2) is 4.58. The zero-order valence-electron chi connectivity index (χ0n) is 7.07. The maximum absolute atomic E-state index is 2.44. The van der Waals surface area contributed by atoms with Crippen molar-refractivity contribution in [2.45, 2.75) is 33.1 Å². The van der Waals surface area contributed by atoms with Crippen molar-refractivity contribution in [3.8, 4) is 0 Å². The first kappa shape index (κ1) is 8.82. The number of halogens is 1. The van der Waals surface area contributed by atoms with Gasteiger partial charge in [0.1, 0.15) is 0 Å². The molecule has 1 heteroatoms. The third kappa shape index (κ3) is 2.40. The molecule has 0 aromatic rings. The average Bonchev–Trinajstić information content (AvgIpc) is 2.31. The molecule has 10 heavy (non-hydrogen) atoms. The molecule has 0 amide bonds. The predicted molar refractivity (Wildman–Crippen MR) is 41.9 cm³/mol. The minimum atomic E-state index is 0.588. The fraction of sp³-hybridized carbons (Fsp3) is 1.00. The van der Waals surface area contributed by atoms with E-state index in [9.17, 15) is 0 Å². The summed E-state index contributed by atoms with van der Waals surface area (Å²) in [5, 5.41) is 0. The van der Waals surface area contributed by atoms with Crippen LogP contribution in [0.15, 0.2) is 0 Å². The van der Waals surface area contributed by atoms with Gasteiger partial charge in [0, 0.05) is 0 Å². The Kier molecular flexibility index (Phi) is 4.04. The van der Waals surface area contributed by atoms with E-state index in [1.807, 2.05) is 0 Å². The SMILES string of the molecule is CC[I-]CC1CCCC1C. The normalized spacial score (nSPS) is 33.4. The quantitative estimate of drug-likeness (QED) is 0.471. The molecule has 0 heterocycles. The van der Waals surface area contributed by atoms with Crippen molar-refractivity contribution in [3.63, 3.8) is 0 Å². The maximum atomic E-state index is 2.44. The molecular formula is C9H18I-. The van der Waals surface area contributed by atoms with E-state index in [0.717, 1.165) is 11.8 Å². The van der Waals surface area contributed by atoms with Crippen LogP contribution in [0.4, 0.5) is 0 Å². The molecule has 0 bridgehead atoms. The molecule has 0 radical (unpaired) electrons. The molecule has 0 spiro atoms. The fourth-order valence-corrected chi connectivity index (χ4v) is 4.43. The van der Waals surface area contributed by atoms with Gasteiger partial charge in [-0.25, -0.2) is 0 Å². The van der Waals surface area contributed by atoms with Crippen molar-refractivity contribution in [1.29, 1.82) is 0 Å². The Bertz CT molecular complexity index is 90.7. The van der Waals surface area contributed by atoms with E-state index in [2.05, 4.69) is 13.8 Å². The summed E-state index contributed by atoms with van der Waals surface area (Å²) in [6.07, 6.45) is 4.57. The molecule has 1 aliphatic carbocycles. The molecule has 2 unspecified atom stereocenters. The van der Waals surface area contributed by atoms with Crippen molar-refractivity contribution >= 4 is 0 Å². The second-order valence-electron chi connectivity index (χ2n) is 3.28. The summed E-state index contributed by atoms with van der Waals surface area (Å²) in [5.41, 5.74) is 0. The van der Waals surface area contributed by atoms with Crippen LogP contribution in [0.2, 0.25) is 0 Å². The molecule has 0 saturated heterocycles. The van der Waals surface area contributed by atoms with E-state index >= 15 is 0 Å². The summed E-state index contributed by atoms with van der Waals surface area (Å²) in [6.45, 7) is 4.78. The molecule has 0 nitrogen and oxygen atoms in total. The van der Waals surface area contributed by atoms with E-state index in [4.69, 9.17) is 0 Å². The van der Waals surface area contributed by atoms with Gasteiger partial charge in [-0.2, -0.15) is 0 Å². The van der Waals surface area contributed by atoms with Crippen LogP contribution in [0.3, 0.4) is 0 Å². The molecule has 1 saturated carbocycles. The number of rotatable bonds is 3. The van der Waals surface area contributed by atoms with Gasteiger partial charge in [0.25, 0.3) is 0 Å². The van der Waals surface area contributed by atoms with E-state index in [0.29, 0.717) is 21.2 Å². The monoisotopic (exact) mass is 253 g/mol. The summed E-state index contributed by atoms with van der Waals surface area (Å²) in [7, 11) is 0. The van der Waals surface area contributed by atoms with Crippen LogP contribution in [-0.2, 0) is 0 Å². The average molecular weight is 253 g/mol. The first-order chi connectivity index (χ1) is 4.84. The van der Waals surface area contributed by atoms with E-state index < -0.39 is 0 Å². The van der Waals surface area contributed by atoms with Gasteiger partial charge in [0.05, 0.1) is 0 Å². The molecule has 1 aliphatic rings. The zero-order chi connectivity index (χ0) is 7.40. The van der Waals surface area contributed by atoms with E-state index in [-0.39, 0.29) is 0 Å². The van der Waals surface area contributed by atoms with Gasteiger partial charge < -0.3 is 0 Å². The zero-order valence-corrected chi connectivity index (χ0v) is 9.23. The van der Waals surface area contributed by atoms with E-state index in [1.165, 1.54) is 17.3 Å². The molecule has 0 aliphatic heterocycles. The topological polar surface area (TPSA) is 0 Å². The summed E-state index contributed by atoms with van der Waals surface area (Å²) >= 11 is 0.588. The van der Waals surface area contributed by atoms with Crippen LogP contribution in [0.1, 0.15) is 33.1 Å². The Hall–Kier alpha value is 0.730. The second-order valence-corrected chi connectivity index (χ2v) is 6.76. The number of hydrogen-bond donors (Lipinski definition) is 0. The van der Waals surface area contributed by atoms with Crippen LogP contribution < -0.4 is 21.2 Å². The van der Waals surface area contributed by atoms with Crippen molar-refractivity contribution in [1.82, 2.24) is 0 Å². The van der Waals surface area contributed by atoms with Gasteiger partial charge in [0.15, 0.2) is 0 Å². The van der Waals surface area contributed by atoms with Crippen molar-refractivity contribution in [2.24, 2.45) is 11.8 Å². The third-order valence-corrected chi connectivity index (χ3v) is 5.37. The summed E-state index contributed by atoms with van der Waals surface area (Å²) < 4.78 is 3.10. The first-order valence-corrected chi connectivity index (χ1v) is 7.43. The fourth-order valence-electron chi connectivity index (χ4n) is 1.70. The summed E-state index contributed by atoms with van der Waals surface area (Å²) in [5.74, 6) is 2.19. The van der Waals surface area contributed by atoms with Crippen LogP contribution in [0.5, 0.6) is 0 Å². The van der Waals surface area contributed by atoms with Gasteiger partial charge in [0.2, 0.25) is 0 Å². The Morgan fingerprint density at radius 1 is 1.40 bits per heavy atom. The third-order valence-electron chi connectivity index (χ3n) is 2.54. The molecule has 0 N–H and O–H groups in total. The Morgan fingerprint density at radius 3 is 2.70 bits per heavy atom. The van der Waals surface area contributed by atoms with Crippen molar-refractivity contribution in [2.75, 3.05) is 8.86 Å². The van der Waals surface area contributed by atoms with Gasteiger partial charge in [-0.05, 0) is 0 Å². The van der Waals surface area contributed by atoms with Crippen molar-refractivity contribution < 1.29 is 21.2 Å². The van der Waals surface area contributed by atoms with Gasteiger partial charge in [-0.1, -0.05) is 0 Å². The molecule has 2 atom stereocenters. The van der Waals surface area contributed by atoms with Gasteiger partial charge in [-0.3, -0.25) is 0 Å². The minimum absolute atomic E-state index is 0.588. The van der Waals surface area contributed by atoms with Crippen molar-refractivity contribution in [3.05, 3.63) is 0 Å². The Morgan fingerprint density at radius 2 is 2.20 bits per heavy atom. The molecular weight excluding hydrogens is 235 g/mol.